The van der Waals surface area contributed by atoms with Gasteiger partial charge in [0.05, 0.1) is 12.7 Å². The Hall–Kier alpha value is -1.51. The van der Waals surface area contributed by atoms with E-state index < -0.39 is 0 Å². The van der Waals surface area contributed by atoms with Crippen LogP contribution < -0.4 is 5.32 Å². The van der Waals surface area contributed by atoms with Gasteiger partial charge in [-0.2, -0.15) is 0 Å². The SMILES string of the molecule is CCC(Nc1ccc(C(=O)OC)cc1C)C(C)C. The zero-order valence-electron chi connectivity index (χ0n) is 11.9. The van der Waals surface area contributed by atoms with Crippen LogP contribution in [-0.2, 0) is 4.74 Å². The lowest BCUT2D eigenvalue weighted by Crippen LogP contribution is -2.25. The van der Waals surface area contributed by atoms with E-state index in [1.54, 1.807) is 6.07 Å². The fourth-order valence-electron chi connectivity index (χ4n) is 2.01. The third kappa shape index (κ3) is 3.49. The highest BCUT2D eigenvalue weighted by molar-refractivity contribution is 5.90. The molecule has 100 valence electrons. The normalized spacial score (nSPS) is 12.3. The van der Waals surface area contributed by atoms with Gasteiger partial charge < -0.3 is 10.1 Å². The van der Waals surface area contributed by atoms with Crippen molar-refractivity contribution in [1.82, 2.24) is 0 Å². The maximum Gasteiger partial charge on any atom is 0.337 e. The minimum atomic E-state index is -0.291. The Labute approximate surface area is 110 Å². The molecule has 0 fully saturated rings. The van der Waals surface area contributed by atoms with Crippen molar-refractivity contribution in [3.8, 4) is 0 Å². The first-order valence-electron chi connectivity index (χ1n) is 6.45. The van der Waals surface area contributed by atoms with Crippen LogP contribution in [0.5, 0.6) is 0 Å². The maximum atomic E-state index is 11.4. The van der Waals surface area contributed by atoms with Gasteiger partial charge in [-0.3, -0.25) is 0 Å². The van der Waals surface area contributed by atoms with Crippen molar-refractivity contribution in [2.75, 3.05) is 12.4 Å². The number of anilines is 1. The van der Waals surface area contributed by atoms with Crippen LogP contribution in [-0.4, -0.2) is 19.1 Å². The van der Waals surface area contributed by atoms with E-state index in [1.807, 2.05) is 19.1 Å². The topological polar surface area (TPSA) is 38.3 Å². The Morgan fingerprint density at radius 3 is 2.50 bits per heavy atom. The van der Waals surface area contributed by atoms with Crippen molar-refractivity contribution < 1.29 is 9.53 Å². The standard InChI is InChI=1S/C15H23NO2/c1-6-13(10(2)3)16-14-8-7-12(9-11(14)4)15(17)18-5/h7-10,13,16H,6H2,1-5H3. The molecule has 1 aromatic rings. The molecule has 0 amide bonds. The predicted octanol–water partition coefficient (Wildman–Crippen LogP) is 3.63. The zero-order valence-corrected chi connectivity index (χ0v) is 11.9. The van der Waals surface area contributed by atoms with E-state index >= 15 is 0 Å². The van der Waals surface area contributed by atoms with Gasteiger partial charge in [0.25, 0.3) is 0 Å². The average Bonchev–Trinajstić information content (AvgIpc) is 2.35. The predicted molar refractivity (Wildman–Crippen MR) is 75.1 cm³/mol. The molecule has 1 rings (SSSR count). The van der Waals surface area contributed by atoms with Crippen molar-refractivity contribution in [2.45, 2.75) is 40.2 Å². The monoisotopic (exact) mass is 249 g/mol. The van der Waals surface area contributed by atoms with Crippen LogP contribution >= 0.6 is 0 Å². The lowest BCUT2D eigenvalue weighted by molar-refractivity contribution is 0.0600. The molecule has 0 saturated heterocycles. The van der Waals surface area contributed by atoms with Crippen molar-refractivity contribution in [3.05, 3.63) is 29.3 Å². The number of nitrogens with one attached hydrogen (secondary N) is 1. The van der Waals surface area contributed by atoms with Gasteiger partial charge in [-0.25, -0.2) is 4.79 Å². The number of aryl methyl sites for hydroxylation is 1. The molecule has 1 unspecified atom stereocenters. The van der Waals surface area contributed by atoms with E-state index in [4.69, 9.17) is 4.74 Å². The summed E-state index contributed by atoms with van der Waals surface area (Å²) in [5.74, 6) is 0.287. The summed E-state index contributed by atoms with van der Waals surface area (Å²) in [4.78, 5) is 11.4. The molecule has 1 N–H and O–H groups in total. The fraction of sp³-hybridized carbons (Fsp3) is 0.533. The minimum absolute atomic E-state index is 0.291. The van der Waals surface area contributed by atoms with Gasteiger partial charge in [-0.05, 0) is 43.0 Å². The first-order valence-corrected chi connectivity index (χ1v) is 6.45. The van der Waals surface area contributed by atoms with Crippen molar-refractivity contribution >= 4 is 11.7 Å². The summed E-state index contributed by atoms with van der Waals surface area (Å²) >= 11 is 0. The molecule has 0 aromatic heterocycles. The quantitative estimate of drug-likeness (QED) is 0.810. The summed E-state index contributed by atoms with van der Waals surface area (Å²) in [7, 11) is 1.40. The number of benzene rings is 1. The second kappa shape index (κ2) is 6.43. The largest absolute Gasteiger partial charge is 0.465 e. The Balaban J connectivity index is 2.89. The average molecular weight is 249 g/mol. The molecule has 0 radical (unpaired) electrons. The highest BCUT2D eigenvalue weighted by Gasteiger charge is 2.13. The van der Waals surface area contributed by atoms with Crippen LogP contribution in [0.3, 0.4) is 0 Å². The summed E-state index contributed by atoms with van der Waals surface area (Å²) in [6.07, 6.45) is 1.08. The first-order chi connectivity index (χ1) is 8.49. The van der Waals surface area contributed by atoms with Crippen molar-refractivity contribution in [3.63, 3.8) is 0 Å². The number of hydrogen-bond donors (Lipinski definition) is 1. The molecule has 3 nitrogen and oxygen atoms in total. The second-order valence-electron chi connectivity index (χ2n) is 4.92. The van der Waals surface area contributed by atoms with Crippen LogP contribution in [0, 0.1) is 12.8 Å². The number of carbonyl (C=O) groups excluding carboxylic acids is 1. The Bertz CT molecular complexity index is 413. The number of hydrogen-bond acceptors (Lipinski definition) is 3. The van der Waals surface area contributed by atoms with Gasteiger partial charge in [-0.15, -0.1) is 0 Å². The maximum absolute atomic E-state index is 11.4. The number of rotatable bonds is 5. The third-order valence-corrected chi connectivity index (χ3v) is 3.23. The van der Waals surface area contributed by atoms with E-state index in [2.05, 4.69) is 26.1 Å². The number of methoxy groups -OCH3 is 1. The first kappa shape index (κ1) is 14.6. The number of esters is 1. The molecule has 3 heteroatoms. The van der Waals surface area contributed by atoms with Gasteiger partial charge >= 0.3 is 5.97 Å². The molecule has 0 bridgehead atoms. The van der Waals surface area contributed by atoms with Gasteiger partial charge in [0, 0.05) is 11.7 Å². The van der Waals surface area contributed by atoms with Crippen LogP contribution in [0.15, 0.2) is 18.2 Å². The van der Waals surface area contributed by atoms with E-state index in [0.29, 0.717) is 17.5 Å². The smallest absolute Gasteiger partial charge is 0.337 e. The molecule has 0 aliphatic heterocycles. The third-order valence-electron chi connectivity index (χ3n) is 3.23. The summed E-state index contributed by atoms with van der Waals surface area (Å²) in [5, 5.41) is 3.53. The summed E-state index contributed by atoms with van der Waals surface area (Å²) in [6.45, 7) is 8.59. The van der Waals surface area contributed by atoms with E-state index in [0.717, 1.165) is 17.7 Å². The van der Waals surface area contributed by atoms with Crippen LogP contribution in [0.2, 0.25) is 0 Å². The molecule has 1 aromatic carbocycles. The molecule has 0 aliphatic carbocycles. The van der Waals surface area contributed by atoms with E-state index in [1.165, 1.54) is 7.11 Å². The molecule has 0 aliphatic rings. The van der Waals surface area contributed by atoms with Gasteiger partial charge in [0.2, 0.25) is 0 Å². The molecular formula is C15H23NO2. The van der Waals surface area contributed by atoms with Crippen molar-refractivity contribution in [2.24, 2.45) is 5.92 Å². The zero-order chi connectivity index (χ0) is 13.7. The van der Waals surface area contributed by atoms with Crippen LogP contribution in [0.25, 0.3) is 0 Å². The highest BCUT2D eigenvalue weighted by Crippen LogP contribution is 2.21. The van der Waals surface area contributed by atoms with Gasteiger partial charge in [-0.1, -0.05) is 20.8 Å². The minimum Gasteiger partial charge on any atom is -0.465 e. The summed E-state index contributed by atoms with van der Waals surface area (Å²) in [6, 6.07) is 6.06. The molecule has 0 saturated carbocycles. The van der Waals surface area contributed by atoms with E-state index in [9.17, 15) is 4.79 Å². The van der Waals surface area contributed by atoms with E-state index in [-0.39, 0.29) is 5.97 Å². The number of ether oxygens (including phenoxy) is 1. The molecular weight excluding hydrogens is 226 g/mol. The molecule has 0 heterocycles. The molecule has 1 atom stereocenters. The van der Waals surface area contributed by atoms with Gasteiger partial charge in [0.1, 0.15) is 0 Å². The Morgan fingerprint density at radius 1 is 1.39 bits per heavy atom. The van der Waals surface area contributed by atoms with Crippen LogP contribution in [0.4, 0.5) is 5.69 Å². The Kier molecular flexibility index (Phi) is 5.20. The highest BCUT2D eigenvalue weighted by atomic mass is 16.5. The van der Waals surface area contributed by atoms with Gasteiger partial charge in [0.15, 0.2) is 0 Å². The summed E-state index contributed by atoms with van der Waals surface area (Å²) < 4.78 is 4.71. The lowest BCUT2D eigenvalue weighted by Gasteiger charge is -2.23. The Morgan fingerprint density at radius 2 is 2.06 bits per heavy atom. The summed E-state index contributed by atoms with van der Waals surface area (Å²) in [5.41, 5.74) is 2.75. The lowest BCUT2D eigenvalue weighted by atomic mass is 10.0. The number of carbonyl (C=O) groups is 1. The van der Waals surface area contributed by atoms with Crippen LogP contribution in [0.1, 0.15) is 43.1 Å². The molecule has 0 spiro atoms. The van der Waals surface area contributed by atoms with Crippen molar-refractivity contribution in [1.29, 1.82) is 0 Å². The fourth-order valence-corrected chi connectivity index (χ4v) is 2.01. The second-order valence-corrected chi connectivity index (χ2v) is 4.92. The molecule has 18 heavy (non-hydrogen) atoms.